The molecule has 0 aliphatic carbocycles. The number of hydrogen-bond acceptors (Lipinski definition) is 4. The van der Waals surface area contributed by atoms with Gasteiger partial charge in [0.25, 0.3) is 0 Å². The van der Waals surface area contributed by atoms with Crippen molar-refractivity contribution in [3.8, 4) is 0 Å². The van der Waals surface area contributed by atoms with E-state index in [9.17, 15) is 14.0 Å². The largest absolute Gasteiger partial charge is 0.337 e. The molecule has 0 bridgehead atoms. The number of carbonyl (C=O) groups excluding carboxylic acids is 2. The zero-order valence-electron chi connectivity index (χ0n) is 13.1. The highest BCUT2D eigenvalue weighted by Crippen LogP contribution is 2.21. The van der Waals surface area contributed by atoms with Crippen molar-refractivity contribution >= 4 is 29.2 Å². The lowest BCUT2D eigenvalue weighted by Crippen LogP contribution is -2.55. The molecule has 24 heavy (non-hydrogen) atoms. The molecule has 2 unspecified atom stereocenters. The zero-order chi connectivity index (χ0) is 17.7. The summed E-state index contributed by atoms with van der Waals surface area (Å²) in [5.41, 5.74) is 11.6. The molecule has 1 fully saturated rings. The number of nitrogens with zero attached hydrogens (tertiary/aromatic N) is 1. The number of amides is 3. The van der Waals surface area contributed by atoms with Crippen LogP contribution in [0.5, 0.6) is 0 Å². The summed E-state index contributed by atoms with van der Waals surface area (Å²) in [4.78, 5) is 25.9. The van der Waals surface area contributed by atoms with Gasteiger partial charge in [-0.15, -0.1) is 0 Å². The molecule has 9 heteroatoms. The fourth-order valence-corrected chi connectivity index (χ4v) is 2.72. The van der Waals surface area contributed by atoms with Gasteiger partial charge in [-0.05, 0) is 24.6 Å². The molecule has 1 saturated heterocycles. The second kappa shape index (κ2) is 8.27. The molecular formula is C15H21ClFN5O2. The van der Waals surface area contributed by atoms with Crippen molar-refractivity contribution in [3.63, 3.8) is 0 Å². The third-order valence-electron chi connectivity index (χ3n) is 3.75. The SMILES string of the molecule is NCCNC(=O)N1CC(N)CC(C(=O)Nc2ccc(Cl)c(F)c2)C1. The number of anilines is 1. The van der Waals surface area contributed by atoms with Gasteiger partial charge in [0.1, 0.15) is 5.82 Å². The van der Waals surface area contributed by atoms with Crippen LogP contribution in [0.2, 0.25) is 5.02 Å². The number of urea groups is 1. The fraction of sp³-hybridized carbons (Fsp3) is 0.467. The summed E-state index contributed by atoms with van der Waals surface area (Å²) >= 11 is 5.62. The van der Waals surface area contributed by atoms with Gasteiger partial charge >= 0.3 is 6.03 Å². The van der Waals surface area contributed by atoms with Crippen LogP contribution in [0.1, 0.15) is 6.42 Å². The van der Waals surface area contributed by atoms with E-state index < -0.39 is 11.7 Å². The van der Waals surface area contributed by atoms with Gasteiger partial charge in [-0.3, -0.25) is 4.79 Å². The molecule has 1 heterocycles. The number of carbonyl (C=O) groups is 2. The highest BCUT2D eigenvalue weighted by Gasteiger charge is 2.32. The summed E-state index contributed by atoms with van der Waals surface area (Å²) in [5.74, 6) is -1.41. The summed E-state index contributed by atoms with van der Waals surface area (Å²) in [6.07, 6.45) is 0.447. The van der Waals surface area contributed by atoms with Crippen LogP contribution in [0, 0.1) is 11.7 Å². The number of rotatable bonds is 4. The Hall–Kier alpha value is -1.90. The Bertz CT molecular complexity index is 616. The summed E-state index contributed by atoms with van der Waals surface area (Å²) < 4.78 is 13.4. The number of likely N-dealkylation sites (tertiary alicyclic amines) is 1. The minimum absolute atomic E-state index is 0.0181. The summed E-state index contributed by atoms with van der Waals surface area (Å²) in [6, 6.07) is 3.42. The fourth-order valence-electron chi connectivity index (χ4n) is 2.60. The minimum atomic E-state index is -0.613. The normalized spacial score (nSPS) is 20.6. The first-order chi connectivity index (χ1) is 11.4. The van der Waals surface area contributed by atoms with Gasteiger partial charge < -0.3 is 27.0 Å². The summed E-state index contributed by atoms with van der Waals surface area (Å²) in [7, 11) is 0. The Morgan fingerprint density at radius 1 is 1.38 bits per heavy atom. The third kappa shape index (κ3) is 4.80. The highest BCUT2D eigenvalue weighted by atomic mass is 35.5. The molecular weight excluding hydrogens is 337 g/mol. The standard InChI is InChI=1S/C15H21ClFN5O2/c16-12-2-1-11(6-13(12)17)21-14(23)9-5-10(19)8-22(7-9)15(24)20-4-3-18/h1-2,6,9-10H,3-5,7-8,18-19H2,(H,20,24)(H,21,23). The average Bonchev–Trinajstić information content (AvgIpc) is 2.55. The Morgan fingerprint density at radius 3 is 2.79 bits per heavy atom. The molecule has 0 spiro atoms. The highest BCUT2D eigenvalue weighted by molar-refractivity contribution is 6.30. The summed E-state index contributed by atoms with van der Waals surface area (Å²) in [5, 5.41) is 5.27. The smallest absolute Gasteiger partial charge is 0.317 e. The molecule has 0 saturated carbocycles. The monoisotopic (exact) mass is 357 g/mol. The number of hydrogen-bond donors (Lipinski definition) is 4. The molecule has 132 valence electrons. The van der Waals surface area contributed by atoms with Gasteiger partial charge in [-0.1, -0.05) is 11.6 Å². The van der Waals surface area contributed by atoms with Crippen molar-refractivity contribution in [2.24, 2.45) is 17.4 Å². The Kier molecular flexibility index (Phi) is 6.36. The van der Waals surface area contributed by atoms with E-state index in [1.54, 1.807) is 0 Å². The van der Waals surface area contributed by atoms with E-state index >= 15 is 0 Å². The minimum Gasteiger partial charge on any atom is -0.337 e. The van der Waals surface area contributed by atoms with E-state index in [2.05, 4.69) is 10.6 Å². The maximum atomic E-state index is 13.4. The molecule has 1 aromatic carbocycles. The van der Waals surface area contributed by atoms with E-state index in [-0.39, 0.29) is 29.5 Å². The van der Waals surface area contributed by atoms with Gasteiger partial charge in [0.2, 0.25) is 5.91 Å². The van der Waals surface area contributed by atoms with Crippen LogP contribution in [0.3, 0.4) is 0 Å². The molecule has 0 radical (unpaired) electrons. The van der Waals surface area contributed by atoms with Crippen molar-refractivity contribution in [3.05, 3.63) is 29.0 Å². The quantitative estimate of drug-likeness (QED) is 0.636. The molecule has 1 aromatic rings. The maximum absolute atomic E-state index is 13.4. The number of piperidine rings is 1. The second-order valence-corrected chi connectivity index (χ2v) is 6.14. The van der Waals surface area contributed by atoms with Crippen LogP contribution in [0.15, 0.2) is 18.2 Å². The zero-order valence-corrected chi connectivity index (χ0v) is 13.9. The number of nitrogens with one attached hydrogen (secondary N) is 2. The van der Waals surface area contributed by atoms with Crippen molar-refractivity contribution in [2.75, 3.05) is 31.5 Å². The Balaban J connectivity index is 1.99. The number of halogens is 2. The first-order valence-electron chi connectivity index (χ1n) is 7.65. The van der Waals surface area contributed by atoms with Gasteiger partial charge in [0.05, 0.1) is 10.9 Å². The van der Waals surface area contributed by atoms with Gasteiger partial charge in [-0.2, -0.15) is 0 Å². The number of benzene rings is 1. The summed E-state index contributed by atoms with van der Waals surface area (Å²) in [6.45, 7) is 1.30. The average molecular weight is 358 g/mol. The lowest BCUT2D eigenvalue weighted by molar-refractivity contribution is -0.121. The van der Waals surface area contributed by atoms with Gasteiger partial charge in [0.15, 0.2) is 0 Å². The lowest BCUT2D eigenvalue weighted by Gasteiger charge is -2.35. The molecule has 7 nitrogen and oxygen atoms in total. The molecule has 1 aliphatic rings. The van der Waals surface area contributed by atoms with E-state index in [0.29, 0.717) is 31.7 Å². The van der Waals surface area contributed by atoms with E-state index in [4.69, 9.17) is 23.1 Å². The first-order valence-corrected chi connectivity index (χ1v) is 8.03. The molecule has 2 atom stereocenters. The Morgan fingerprint density at radius 2 is 2.12 bits per heavy atom. The van der Waals surface area contributed by atoms with Gasteiger partial charge in [-0.25, -0.2) is 9.18 Å². The molecule has 2 rings (SSSR count). The molecule has 3 amide bonds. The van der Waals surface area contributed by atoms with Crippen molar-refractivity contribution < 1.29 is 14.0 Å². The van der Waals surface area contributed by atoms with E-state index in [0.717, 1.165) is 6.07 Å². The first kappa shape index (κ1) is 18.4. The molecule has 6 N–H and O–H groups in total. The molecule has 1 aliphatic heterocycles. The predicted molar refractivity (Wildman–Crippen MR) is 90.1 cm³/mol. The topological polar surface area (TPSA) is 113 Å². The lowest BCUT2D eigenvalue weighted by atomic mass is 9.94. The van der Waals surface area contributed by atoms with Crippen LogP contribution in [0.25, 0.3) is 0 Å². The van der Waals surface area contributed by atoms with Crippen LogP contribution < -0.4 is 22.1 Å². The Labute approximate surface area is 144 Å². The second-order valence-electron chi connectivity index (χ2n) is 5.74. The van der Waals surface area contributed by atoms with Crippen LogP contribution in [-0.2, 0) is 4.79 Å². The van der Waals surface area contributed by atoms with Crippen molar-refractivity contribution in [1.82, 2.24) is 10.2 Å². The van der Waals surface area contributed by atoms with Crippen LogP contribution in [0.4, 0.5) is 14.9 Å². The van der Waals surface area contributed by atoms with Crippen LogP contribution in [-0.4, -0.2) is 49.1 Å². The third-order valence-corrected chi connectivity index (χ3v) is 4.06. The van der Waals surface area contributed by atoms with Crippen LogP contribution >= 0.6 is 11.6 Å². The van der Waals surface area contributed by atoms with Crippen molar-refractivity contribution in [1.29, 1.82) is 0 Å². The van der Waals surface area contributed by atoms with Gasteiger partial charge in [0, 0.05) is 37.9 Å². The number of nitrogens with two attached hydrogens (primary N) is 2. The van der Waals surface area contributed by atoms with E-state index in [1.807, 2.05) is 0 Å². The molecule has 0 aromatic heterocycles. The van der Waals surface area contributed by atoms with Crippen molar-refractivity contribution in [2.45, 2.75) is 12.5 Å². The van der Waals surface area contributed by atoms with E-state index in [1.165, 1.54) is 17.0 Å². The predicted octanol–water partition coefficient (Wildman–Crippen LogP) is 0.735. The maximum Gasteiger partial charge on any atom is 0.317 e.